The van der Waals surface area contributed by atoms with Crippen molar-refractivity contribution in [1.29, 1.82) is 0 Å². The van der Waals surface area contributed by atoms with E-state index in [4.69, 9.17) is 5.11 Å². The Morgan fingerprint density at radius 2 is 2.19 bits per heavy atom. The van der Waals surface area contributed by atoms with Gasteiger partial charge in [-0.2, -0.15) is 0 Å². The first-order valence-electron chi connectivity index (χ1n) is 6.93. The zero-order valence-corrected chi connectivity index (χ0v) is 11.3. The molecule has 6 nitrogen and oxygen atoms in total. The number of nitrogens with one attached hydrogen (secondary N) is 1. The normalized spacial score (nSPS) is 18.7. The van der Waals surface area contributed by atoms with E-state index >= 15 is 0 Å². The second kappa shape index (κ2) is 4.44. The van der Waals surface area contributed by atoms with Crippen LogP contribution in [0.15, 0.2) is 30.6 Å². The fraction of sp³-hybridized carbons (Fsp3) is 0.267. The van der Waals surface area contributed by atoms with Crippen molar-refractivity contribution in [2.24, 2.45) is 5.92 Å². The maximum Gasteiger partial charge on any atom is 0.308 e. The van der Waals surface area contributed by atoms with Crippen molar-refractivity contribution in [2.45, 2.75) is 6.42 Å². The number of fused-ring (bicyclic) bond motifs is 3. The van der Waals surface area contributed by atoms with E-state index in [9.17, 15) is 4.79 Å². The molecule has 0 radical (unpaired) electrons. The SMILES string of the molecule is O=C(O)C1CCN(c2ncnc3[nH]c4ccccc4c23)C1. The molecule has 0 amide bonds. The fourth-order valence-corrected chi connectivity index (χ4v) is 3.05. The first-order valence-corrected chi connectivity index (χ1v) is 6.93. The number of aromatic nitrogens is 3. The van der Waals surface area contributed by atoms with Crippen molar-refractivity contribution in [3.8, 4) is 0 Å². The highest BCUT2D eigenvalue weighted by Crippen LogP contribution is 2.33. The van der Waals surface area contributed by atoms with Gasteiger partial charge in [0.1, 0.15) is 17.8 Å². The molecule has 4 rings (SSSR count). The Morgan fingerprint density at radius 1 is 1.33 bits per heavy atom. The zero-order valence-electron chi connectivity index (χ0n) is 11.3. The number of carboxylic acid groups (broad SMARTS) is 1. The number of anilines is 1. The lowest BCUT2D eigenvalue weighted by Crippen LogP contribution is -2.23. The van der Waals surface area contributed by atoms with Crippen LogP contribution in [-0.4, -0.2) is 39.1 Å². The monoisotopic (exact) mass is 282 g/mol. The summed E-state index contributed by atoms with van der Waals surface area (Å²) in [5.74, 6) is -0.233. The minimum Gasteiger partial charge on any atom is -0.481 e. The first-order chi connectivity index (χ1) is 10.2. The average Bonchev–Trinajstić information content (AvgIpc) is 3.11. The predicted molar refractivity (Wildman–Crippen MR) is 79.4 cm³/mol. The van der Waals surface area contributed by atoms with Gasteiger partial charge in [-0.1, -0.05) is 18.2 Å². The highest BCUT2D eigenvalue weighted by molar-refractivity contribution is 6.11. The Kier molecular flexibility index (Phi) is 2.57. The third kappa shape index (κ3) is 1.83. The van der Waals surface area contributed by atoms with E-state index in [0.717, 1.165) is 27.8 Å². The third-order valence-electron chi connectivity index (χ3n) is 4.11. The highest BCUT2D eigenvalue weighted by atomic mass is 16.4. The summed E-state index contributed by atoms with van der Waals surface area (Å²) in [6, 6.07) is 7.99. The predicted octanol–water partition coefficient (Wildman–Crippen LogP) is 2.02. The van der Waals surface area contributed by atoms with Gasteiger partial charge in [0.25, 0.3) is 0 Å². The Hall–Kier alpha value is -2.63. The van der Waals surface area contributed by atoms with Crippen LogP contribution in [0.5, 0.6) is 0 Å². The molecule has 1 fully saturated rings. The Balaban J connectivity index is 1.87. The molecule has 21 heavy (non-hydrogen) atoms. The molecule has 0 aliphatic carbocycles. The van der Waals surface area contributed by atoms with Gasteiger partial charge < -0.3 is 15.0 Å². The molecular formula is C15H14N4O2. The van der Waals surface area contributed by atoms with E-state index < -0.39 is 5.97 Å². The summed E-state index contributed by atoms with van der Waals surface area (Å²) in [6.45, 7) is 1.21. The van der Waals surface area contributed by atoms with Crippen LogP contribution in [0.4, 0.5) is 5.82 Å². The van der Waals surface area contributed by atoms with Crippen LogP contribution in [0.1, 0.15) is 6.42 Å². The van der Waals surface area contributed by atoms with E-state index in [1.54, 1.807) is 0 Å². The number of aliphatic carboxylic acids is 1. The van der Waals surface area contributed by atoms with E-state index in [0.29, 0.717) is 19.5 Å². The van der Waals surface area contributed by atoms with Crippen LogP contribution in [0.25, 0.3) is 21.9 Å². The van der Waals surface area contributed by atoms with Crippen LogP contribution >= 0.6 is 0 Å². The molecule has 106 valence electrons. The van der Waals surface area contributed by atoms with Crippen LogP contribution in [0.2, 0.25) is 0 Å². The molecule has 2 N–H and O–H groups in total. The summed E-state index contributed by atoms with van der Waals surface area (Å²) in [7, 11) is 0. The molecule has 6 heteroatoms. The van der Waals surface area contributed by atoms with E-state index in [-0.39, 0.29) is 5.92 Å². The lowest BCUT2D eigenvalue weighted by Gasteiger charge is -2.17. The zero-order chi connectivity index (χ0) is 14.4. The Labute approximate surface area is 120 Å². The number of para-hydroxylation sites is 1. The van der Waals surface area contributed by atoms with Crippen molar-refractivity contribution in [3.05, 3.63) is 30.6 Å². The average molecular weight is 282 g/mol. The molecule has 1 aliphatic rings. The first kappa shape index (κ1) is 12.1. The number of benzene rings is 1. The van der Waals surface area contributed by atoms with E-state index in [1.165, 1.54) is 6.33 Å². The molecule has 0 spiro atoms. The molecule has 1 aliphatic heterocycles. The molecule has 0 saturated carbocycles. The van der Waals surface area contributed by atoms with Crippen molar-refractivity contribution in [1.82, 2.24) is 15.0 Å². The second-order valence-electron chi connectivity index (χ2n) is 5.36. The summed E-state index contributed by atoms with van der Waals surface area (Å²) in [5, 5.41) is 11.2. The van der Waals surface area contributed by atoms with Crippen molar-refractivity contribution >= 4 is 33.7 Å². The van der Waals surface area contributed by atoms with Gasteiger partial charge in [0.05, 0.1) is 11.3 Å². The maximum atomic E-state index is 11.1. The van der Waals surface area contributed by atoms with Gasteiger partial charge >= 0.3 is 5.97 Å². The van der Waals surface area contributed by atoms with Crippen LogP contribution in [-0.2, 0) is 4.79 Å². The summed E-state index contributed by atoms with van der Waals surface area (Å²) in [4.78, 5) is 25.2. The Bertz CT molecular complexity index is 842. The fourth-order valence-electron chi connectivity index (χ4n) is 3.05. The van der Waals surface area contributed by atoms with Crippen molar-refractivity contribution < 1.29 is 9.90 Å². The number of hydrogen-bond donors (Lipinski definition) is 2. The van der Waals surface area contributed by atoms with Gasteiger partial charge in [0, 0.05) is 24.0 Å². The van der Waals surface area contributed by atoms with Gasteiger partial charge in [0.15, 0.2) is 0 Å². The van der Waals surface area contributed by atoms with Crippen LogP contribution in [0.3, 0.4) is 0 Å². The van der Waals surface area contributed by atoms with Gasteiger partial charge in [-0.25, -0.2) is 9.97 Å². The molecule has 1 saturated heterocycles. The number of H-pyrrole nitrogens is 1. The van der Waals surface area contributed by atoms with Crippen LogP contribution < -0.4 is 4.90 Å². The quantitative estimate of drug-likeness (QED) is 0.751. The second-order valence-corrected chi connectivity index (χ2v) is 5.36. The standard InChI is InChI=1S/C15H14N4O2/c20-15(21)9-5-6-19(7-9)14-12-10-3-1-2-4-11(10)18-13(12)16-8-17-14/h1-4,8-9H,5-7H2,(H,20,21)(H,16,17,18). The van der Waals surface area contributed by atoms with Gasteiger partial charge in [0.2, 0.25) is 0 Å². The van der Waals surface area contributed by atoms with Gasteiger partial charge in [-0.15, -0.1) is 0 Å². The lowest BCUT2D eigenvalue weighted by atomic mass is 10.1. The third-order valence-corrected chi connectivity index (χ3v) is 4.11. The highest BCUT2D eigenvalue weighted by Gasteiger charge is 2.30. The summed E-state index contributed by atoms with van der Waals surface area (Å²) >= 11 is 0. The van der Waals surface area contributed by atoms with E-state index in [2.05, 4.69) is 15.0 Å². The summed E-state index contributed by atoms with van der Waals surface area (Å²) in [5.41, 5.74) is 1.81. The molecule has 3 heterocycles. The van der Waals surface area contributed by atoms with Gasteiger partial charge in [-0.3, -0.25) is 4.79 Å². The molecule has 1 unspecified atom stereocenters. The van der Waals surface area contributed by atoms with Crippen molar-refractivity contribution in [3.63, 3.8) is 0 Å². The number of aromatic amines is 1. The Morgan fingerprint density at radius 3 is 3.00 bits per heavy atom. The molecule has 3 aromatic rings. The smallest absolute Gasteiger partial charge is 0.308 e. The number of carbonyl (C=O) groups is 1. The molecular weight excluding hydrogens is 268 g/mol. The maximum absolute atomic E-state index is 11.1. The van der Waals surface area contributed by atoms with Crippen LogP contribution in [0, 0.1) is 5.92 Å². The molecule has 1 atom stereocenters. The summed E-state index contributed by atoms with van der Waals surface area (Å²) in [6.07, 6.45) is 2.18. The number of carboxylic acids is 1. The number of nitrogens with zero attached hydrogens (tertiary/aromatic N) is 3. The molecule has 0 bridgehead atoms. The number of rotatable bonds is 2. The lowest BCUT2D eigenvalue weighted by molar-refractivity contribution is -0.140. The largest absolute Gasteiger partial charge is 0.481 e. The van der Waals surface area contributed by atoms with Crippen molar-refractivity contribution in [2.75, 3.05) is 18.0 Å². The van der Waals surface area contributed by atoms with Gasteiger partial charge in [-0.05, 0) is 12.5 Å². The topological polar surface area (TPSA) is 82.1 Å². The number of hydrogen-bond acceptors (Lipinski definition) is 4. The minimum atomic E-state index is -0.735. The molecule has 1 aromatic carbocycles. The molecule has 2 aromatic heterocycles. The summed E-state index contributed by atoms with van der Waals surface area (Å²) < 4.78 is 0. The minimum absolute atomic E-state index is 0.319. The van der Waals surface area contributed by atoms with E-state index in [1.807, 2.05) is 29.2 Å².